The average Bonchev–Trinajstić information content (AvgIpc) is 2.92. The summed E-state index contributed by atoms with van der Waals surface area (Å²) >= 11 is 1.84. The van der Waals surface area contributed by atoms with Gasteiger partial charge in [-0.05, 0) is 38.6 Å². The molecule has 0 saturated carbocycles. The fourth-order valence-electron chi connectivity index (χ4n) is 1.96. The van der Waals surface area contributed by atoms with Gasteiger partial charge >= 0.3 is 0 Å². The minimum Gasteiger partial charge on any atom is -0.335 e. The molecule has 0 bridgehead atoms. The zero-order valence-corrected chi connectivity index (χ0v) is 12.6. The predicted octanol–water partition coefficient (Wildman–Crippen LogP) is 3.48. The van der Waals surface area contributed by atoms with Crippen LogP contribution in [0.4, 0.5) is 0 Å². The number of nitrogens with zero attached hydrogens (tertiary/aromatic N) is 2. The maximum Gasteiger partial charge on any atom is 0.119 e. The fraction of sp³-hybridized carbons (Fsp3) is 0.400. The van der Waals surface area contributed by atoms with E-state index in [-0.39, 0.29) is 0 Å². The van der Waals surface area contributed by atoms with E-state index in [0.717, 1.165) is 18.1 Å². The van der Waals surface area contributed by atoms with Crippen molar-refractivity contribution in [2.24, 2.45) is 0 Å². The second-order valence-electron chi connectivity index (χ2n) is 4.50. The minimum atomic E-state index is 0.387. The number of benzene rings is 1. The Bertz CT molecular complexity index is 522. The van der Waals surface area contributed by atoms with Gasteiger partial charge in [0, 0.05) is 29.9 Å². The Morgan fingerprint density at radius 1 is 1.42 bits per heavy atom. The normalized spacial score (nSPS) is 12.6. The number of imidazole rings is 1. The van der Waals surface area contributed by atoms with Crippen LogP contribution >= 0.6 is 11.8 Å². The van der Waals surface area contributed by atoms with Gasteiger partial charge in [0.25, 0.3) is 0 Å². The molecule has 2 aromatic rings. The molecule has 0 aliphatic carbocycles. The van der Waals surface area contributed by atoms with Gasteiger partial charge in [-0.15, -0.1) is 11.8 Å². The van der Waals surface area contributed by atoms with E-state index in [0.29, 0.717) is 6.04 Å². The molecule has 1 aromatic carbocycles. The standard InChI is InChI=1S/C15H21N3S/c1-4-18-9-8-17-15(18)11-19-14-7-5-6-13(10-14)12(2)16-3/h5-10,12,16H,4,11H2,1-3H3. The van der Waals surface area contributed by atoms with Gasteiger partial charge in [0.2, 0.25) is 0 Å². The lowest BCUT2D eigenvalue weighted by molar-refractivity contribution is 0.651. The van der Waals surface area contributed by atoms with Gasteiger partial charge < -0.3 is 9.88 Å². The first-order valence-corrected chi connectivity index (χ1v) is 7.63. The van der Waals surface area contributed by atoms with Gasteiger partial charge in [-0.25, -0.2) is 4.98 Å². The molecule has 2 rings (SSSR count). The summed E-state index contributed by atoms with van der Waals surface area (Å²) in [5, 5.41) is 3.27. The molecular weight excluding hydrogens is 254 g/mol. The quantitative estimate of drug-likeness (QED) is 0.819. The van der Waals surface area contributed by atoms with E-state index in [4.69, 9.17) is 0 Å². The highest BCUT2D eigenvalue weighted by Crippen LogP contribution is 2.25. The van der Waals surface area contributed by atoms with Crippen molar-refractivity contribution in [1.29, 1.82) is 0 Å². The van der Waals surface area contributed by atoms with Crippen LogP contribution in [0.2, 0.25) is 0 Å². The summed E-state index contributed by atoms with van der Waals surface area (Å²) in [5.41, 5.74) is 1.33. The first-order valence-electron chi connectivity index (χ1n) is 6.64. The van der Waals surface area contributed by atoms with Gasteiger partial charge in [-0.1, -0.05) is 12.1 Å². The maximum atomic E-state index is 4.41. The number of aromatic nitrogens is 2. The van der Waals surface area contributed by atoms with E-state index in [1.54, 1.807) is 0 Å². The van der Waals surface area contributed by atoms with Crippen molar-refractivity contribution >= 4 is 11.8 Å². The Morgan fingerprint density at radius 3 is 3.00 bits per heavy atom. The molecule has 1 heterocycles. The third-order valence-corrected chi connectivity index (χ3v) is 4.29. The Balaban J connectivity index is 2.03. The number of thioether (sulfide) groups is 1. The van der Waals surface area contributed by atoms with Crippen LogP contribution in [0.5, 0.6) is 0 Å². The first kappa shape index (κ1) is 14.2. The van der Waals surface area contributed by atoms with Crippen molar-refractivity contribution in [3.05, 3.63) is 48.0 Å². The third kappa shape index (κ3) is 3.61. The molecule has 1 N–H and O–H groups in total. The number of hydrogen-bond acceptors (Lipinski definition) is 3. The topological polar surface area (TPSA) is 29.9 Å². The zero-order chi connectivity index (χ0) is 13.7. The van der Waals surface area contributed by atoms with Crippen LogP contribution in [0.25, 0.3) is 0 Å². The van der Waals surface area contributed by atoms with E-state index in [1.807, 2.05) is 31.2 Å². The molecule has 1 unspecified atom stereocenters. The minimum absolute atomic E-state index is 0.387. The van der Waals surface area contributed by atoms with Crippen molar-refractivity contribution in [3.63, 3.8) is 0 Å². The largest absolute Gasteiger partial charge is 0.335 e. The van der Waals surface area contributed by atoms with Crippen LogP contribution in [-0.2, 0) is 12.3 Å². The summed E-state index contributed by atoms with van der Waals surface area (Å²) in [5.74, 6) is 2.05. The maximum absolute atomic E-state index is 4.41. The van der Waals surface area contributed by atoms with E-state index in [9.17, 15) is 0 Å². The Morgan fingerprint density at radius 2 is 2.26 bits per heavy atom. The van der Waals surface area contributed by atoms with Gasteiger partial charge in [0.05, 0.1) is 5.75 Å². The Labute approximate surface area is 119 Å². The predicted molar refractivity (Wildman–Crippen MR) is 81.4 cm³/mol. The van der Waals surface area contributed by atoms with Crippen LogP contribution in [-0.4, -0.2) is 16.6 Å². The van der Waals surface area contributed by atoms with E-state index in [1.165, 1.54) is 10.5 Å². The lowest BCUT2D eigenvalue weighted by atomic mass is 10.1. The molecule has 0 saturated heterocycles. The molecule has 19 heavy (non-hydrogen) atoms. The second-order valence-corrected chi connectivity index (χ2v) is 5.55. The molecule has 4 heteroatoms. The summed E-state index contributed by atoms with van der Waals surface area (Å²) < 4.78 is 2.19. The molecule has 0 aliphatic heterocycles. The number of hydrogen-bond donors (Lipinski definition) is 1. The van der Waals surface area contributed by atoms with Gasteiger partial charge in [-0.2, -0.15) is 0 Å². The number of nitrogens with one attached hydrogen (secondary N) is 1. The summed E-state index contributed by atoms with van der Waals surface area (Å²) in [6.07, 6.45) is 3.91. The monoisotopic (exact) mass is 275 g/mol. The first-order chi connectivity index (χ1) is 9.24. The van der Waals surface area contributed by atoms with Crippen molar-refractivity contribution in [3.8, 4) is 0 Å². The Hall–Kier alpha value is -1.26. The highest BCUT2D eigenvalue weighted by Gasteiger charge is 2.05. The van der Waals surface area contributed by atoms with Gasteiger partial charge in [0.15, 0.2) is 0 Å². The summed E-state index contributed by atoms with van der Waals surface area (Å²) in [4.78, 5) is 5.70. The van der Waals surface area contributed by atoms with E-state index >= 15 is 0 Å². The van der Waals surface area contributed by atoms with Crippen molar-refractivity contribution < 1.29 is 0 Å². The molecule has 0 spiro atoms. The highest BCUT2D eigenvalue weighted by molar-refractivity contribution is 7.98. The zero-order valence-electron chi connectivity index (χ0n) is 11.8. The lowest BCUT2D eigenvalue weighted by Gasteiger charge is -2.12. The smallest absolute Gasteiger partial charge is 0.119 e. The van der Waals surface area contributed by atoms with E-state index < -0.39 is 0 Å². The second kappa shape index (κ2) is 6.78. The molecule has 0 aliphatic rings. The summed E-state index contributed by atoms with van der Waals surface area (Å²) in [6, 6.07) is 9.09. The van der Waals surface area contributed by atoms with Crippen molar-refractivity contribution in [2.45, 2.75) is 37.1 Å². The molecule has 0 radical (unpaired) electrons. The van der Waals surface area contributed by atoms with Crippen LogP contribution in [0.3, 0.4) is 0 Å². The Kier molecular flexibility index (Phi) is 5.05. The SMILES string of the molecule is CCn1ccnc1CSc1cccc(C(C)NC)c1. The van der Waals surface area contributed by atoms with Crippen molar-refractivity contribution in [2.75, 3.05) is 7.05 Å². The number of rotatable bonds is 6. The number of aryl methyl sites for hydroxylation is 1. The third-order valence-electron chi connectivity index (χ3n) is 3.30. The van der Waals surface area contributed by atoms with Crippen molar-refractivity contribution in [1.82, 2.24) is 14.9 Å². The average molecular weight is 275 g/mol. The molecule has 3 nitrogen and oxygen atoms in total. The molecular formula is C15H21N3S. The highest BCUT2D eigenvalue weighted by atomic mass is 32.2. The lowest BCUT2D eigenvalue weighted by Crippen LogP contribution is -2.12. The van der Waals surface area contributed by atoms with Crippen LogP contribution in [0.15, 0.2) is 41.6 Å². The summed E-state index contributed by atoms with van der Waals surface area (Å²) in [6.45, 7) is 5.30. The molecule has 0 amide bonds. The van der Waals surface area contributed by atoms with Gasteiger partial charge in [-0.3, -0.25) is 0 Å². The van der Waals surface area contributed by atoms with Crippen LogP contribution in [0, 0.1) is 0 Å². The molecule has 1 aromatic heterocycles. The van der Waals surface area contributed by atoms with E-state index in [2.05, 4.69) is 53.0 Å². The molecule has 0 fully saturated rings. The van der Waals surface area contributed by atoms with Gasteiger partial charge in [0.1, 0.15) is 5.82 Å². The molecule has 102 valence electrons. The molecule has 1 atom stereocenters. The van der Waals surface area contributed by atoms with Crippen LogP contribution in [0.1, 0.15) is 31.3 Å². The fourth-order valence-corrected chi connectivity index (χ4v) is 2.89. The van der Waals surface area contributed by atoms with Crippen LogP contribution < -0.4 is 5.32 Å². The summed E-state index contributed by atoms with van der Waals surface area (Å²) in [7, 11) is 1.99.